The van der Waals surface area contributed by atoms with Gasteiger partial charge in [-0.2, -0.15) is 0 Å². The summed E-state index contributed by atoms with van der Waals surface area (Å²) in [4.78, 5) is 28.9. The highest BCUT2D eigenvalue weighted by Crippen LogP contribution is 2.42. The summed E-state index contributed by atoms with van der Waals surface area (Å²) in [5.74, 6) is -0.397. The zero-order valence-electron chi connectivity index (χ0n) is 23.1. The summed E-state index contributed by atoms with van der Waals surface area (Å²) in [6, 6.07) is 21.0. The van der Waals surface area contributed by atoms with Gasteiger partial charge in [-0.3, -0.25) is 4.79 Å². The van der Waals surface area contributed by atoms with E-state index in [4.69, 9.17) is 9.47 Å². The molecule has 208 valence electrons. The van der Waals surface area contributed by atoms with Crippen LogP contribution >= 0.6 is 0 Å². The van der Waals surface area contributed by atoms with Crippen LogP contribution in [0.15, 0.2) is 77.7 Å². The van der Waals surface area contributed by atoms with Crippen LogP contribution in [0.2, 0.25) is 0 Å². The molecule has 0 unspecified atom stereocenters. The summed E-state index contributed by atoms with van der Waals surface area (Å²) >= 11 is 0. The van der Waals surface area contributed by atoms with Crippen LogP contribution in [0.25, 0.3) is 21.8 Å². The SMILES string of the molecule is COC(=O)c1cc2c(c3c4cc(C)ccc4n(S(=O)(=O)c4ccc(OC)cc4)c13)C(=O)N(Cc1ccc(C)cc1)C2. The van der Waals surface area contributed by atoms with E-state index in [2.05, 4.69) is 0 Å². The van der Waals surface area contributed by atoms with Crippen LogP contribution in [0.4, 0.5) is 0 Å². The molecule has 0 radical (unpaired) electrons. The molecule has 0 aliphatic carbocycles. The van der Waals surface area contributed by atoms with Gasteiger partial charge in [0.05, 0.1) is 41.3 Å². The zero-order valence-corrected chi connectivity index (χ0v) is 23.9. The summed E-state index contributed by atoms with van der Waals surface area (Å²) in [6.07, 6.45) is 0. The average Bonchev–Trinajstić information content (AvgIpc) is 3.47. The van der Waals surface area contributed by atoms with Crippen molar-refractivity contribution in [2.45, 2.75) is 31.8 Å². The van der Waals surface area contributed by atoms with Crippen molar-refractivity contribution in [2.75, 3.05) is 14.2 Å². The van der Waals surface area contributed by atoms with Crippen LogP contribution in [0.3, 0.4) is 0 Å². The quantitative estimate of drug-likeness (QED) is 0.248. The fourth-order valence-electron chi connectivity index (χ4n) is 5.56. The first-order valence-corrected chi connectivity index (χ1v) is 14.5. The Morgan fingerprint density at radius 2 is 1.59 bits per heavy atom. The third-order valence-corrected chi connectivity index (χ3v) is 9.31. The average molecular weight is 569 g/mol. The number of esters is 1. The lowest BCUT2D eigenvalue weighted by atomic mass is 9.98. The van der Waals surface area contributed by atoms with E-state index in [0.29, 0.717) is 39.7 Å². The number of amides is 1. The molecule has 1 aliphatic rings. The van der Waals surface area contributed by atoms with Crippen LogP contribution in [-0.4, -0.2) is 43.4 Å². The van der Waals surface area contributed by atoms with E-state index in [9.17, 15) is 18.0 Å². The van der Waals surface area contributed by atoms with Crippen molar-refractivity contribution in [3.63, 3.8) is 0 Å². The number of methoxy groups -OCH3 is 2. The maximum Gasteiger partial charge on any atom is 0.340 e. The van der Waals surface area contributed by atoms with Gasteiger partial charge in [-0.15, -0.1) is 0 Å². The summed E-state index contributed by atoms with van der Waals surface area (Å²) in [7, 11) is -1.47. The molecule has 1 aromatic heterocycles. The van der Waals surface area contributed by atoms with Crippen molar-refractivity contribution in [3.8, 4) is 5.75 Å². The minimum atomic E-state index is -4.22. The van der Waals surface area contributed by atoms with E-state index >= 15 is 0 Å². The predicted molar refractivity (Wildman–Crippen MR) is 156 cm³/mol. The summed E-state index contributed by atoms with van der Waals surface area (Å²) in [5, 5.41) is 1.000. The molecule has 2 heterocycles. The molecule has 6 rings (SSSR count). The second-order valence-corrected chi connectivity index (χ2v) is 12.1. The first kappa shape index (κ1) is 26.6. The van der Waals surface area contributed by atoms with Crippen molar-refractivity contribution in [2.24, 2.45) is 0 Å². The highest BCUT2D eigenvalue weighted by Gasteiger charge is 2.36. The molecular formula is C32H28N2O6S. The Morgan fingerprint density at radius 3 is 2.24 bits per heavy atom. The monoisotopic (exact) mass is 568 g/mol. The highest BCUT2D eigenvalue weighted by molar-refractivity contribution is 7.90. The van der Waals surface area contributed by atoms with E-state index in [0.717, 1.165) is 16.7 Å². The number of ether oxygens (including phenoxy) is 2. The number of carbonyl (C=O) groups excluding carboxylic acids is 2. The van der Waals surface area contributed by atoms with Crippen LogP contribution in [0.1, 0.15) is 43.0 Å². The Hall–Kier alpha value is -4.63. The third kappa shape index (κ3) is 4.24. The number of hydrogen-bond donors (Lipinski definition) is 0. The Labute approximate surface area is 237 Å². The smallest absolute Gasteiger partial charge is 0.340 e. The Balaban J connectivity index is 1.65. The maximum absolute atomic E-state index is 14.3. The number of hydrogen-bond acceptors (Lipinski definition) is 6. The minimum absolute atomic E-state index is 0.0151. The summed E-state index contributed by atoms with van der Waals surface area (Å²) in [5.41, 5.74) is 4.60. The molecule has 5 aromatic rings. The van der Waals surface area contributed by atoms with Gasteiger partial charge < -0.3 is 14.4 Å². The first-order valence-electron chi connectivity index (χ1n) is 13.1. The van der Waals surface area contributed by atoms with Gasteiger partial charge in [0.1, 0.15) is 5.75 Å². The summed E-state index contributed by atoms with van der Waals surface area (Å²) in [6.45, 7) is 4.57. The number of carbonyl (C=O) groups is 2. The Bertz CT molecular complexity index is 1970. The van der Waals surface area contributed by atoms with E-state index < -0.39 is 16.0 Å². The molecule has 0 fully saturated rings. The lowest BCUT2D eigenvalue weighted by Gasteiger charge is -2.15. The molecule has 4 aromatic carbocycles. The molecule has 0 saturated carbocycles. The normalized spacial score (nSPS) is 13.2. The van der Waals surface area contributed by atoms with Gasteiger partial charge in [0.15, 0.2) is 0 Å². The molecule has 0 saturated heterocycles. The van der Waals surface area contributed by atoms with Crippen molar-refractivity contribution < 1.29 is 27.5 Å². The number of rotatable bonds is 6. The largest absolute Gasteiger partial charge is 0.497 e. The van der Waals surface area contributed by atoms with Gasteiger partial charge in [-0.05, 0) is 67.4 Å². The molecule has 0 atom stereocenters. The zero-order chi connectivity index (χ0) is 29.1. The molecule has 41 heavy (non-hydrogen) atoms. The minimum Gasteiger partial charge on any atom is -0.497 e. The second-order valence-electron chi connectivity index (χ2n) is 10.3. The molecule has 0 N–H and O–H groups in total. The van der Waals surface area contributed by atoms with Gasteiger partial charge in [-0.1, -0.05) is 41.5 Å². The van der Waals surface area contributed by atoms with Crippen molar-refractivity contribution in [1.29, 1.82) is 0 Å². The summed E-state index contributed by atoms with van der Waals surface area (Å²) < 4.78 is 40.0. The highest BCUT2D eigenvalue weighted by atomic mass is 32.2. The van der Waals surface area contributed by atoms with Gasteiger partial charge in [-0.25, -0.2) is 17.2 Å². The van der Waals surface area contributed by atoms with Crippen LogP contribution in [-0.2, 0) is 27.8 Å². The Kier molecular flexibility index (Phi) is 6.34. The lowest BCUT2D eigenvalue weighted by Crippen LogP contribution is -2.23. The van der Waals surface area contributed by atoms with Crippen LogP contribution in [0, 0.1) is 13.8 Å². The van der Waals surface area contributed by atoms with E-state index in [1.807, 2.05) is 50.2 Å². The number of nitrogens with zero attached hydrogens (tertiary/aromatic N) is 2. The molecule has 0 bridgehead atoms. The van der Waals surface area contributed by atoms with E-state index in [1.54, 1.807) is 29.2 Å². The van der Waals surface area contributed by atoms with Crippen molar-refractivity contribution in [3.05, 3.63) is 106 Å². The topological polar surface area (TPSA) is 94.9 Å². The number of fused-ring (bicyclic) bond motifs is 5. The predicted octanol–water partition coefficient (Wildman–Crippen LogP) is 5.60. The molecule has 9 heteroatoms. The van der Waals surface area contributed by atoms with Crippen molar-refractivity contribution >= 4 is 43.7 Å². The van der Waals surface area contributed by atoms with Crippen LogP contribution in [0.5, 0.6) is 5.75 Å². The second kappa shape index (κ2) is 9.78. The molecular weight excluding hydrogens is 540 g/mol. The fourth-order valence-corrected chi connectivity index (χ4v) is 7.10. The number of aryl methyl sites for hydroxylation is 2. The first-order chi connectivity index (χ1) is 19.6. The molecule has 0 spiro atoms. The third-order valence-electron chi connectivity index (χ3n) is 7.58. The standard InChI is InChI=1S/C32H28N2O6S/c1-19-5-8-21(9-6-19)17-33-18-22-16-26(32(36)40-4)30-29(28(22)31(33)35)25-15-20(2)7-14-27(25)34(30)41(37,38)24-12-10-23(39-3)11-13-24/h5-16H,17-18H2,1-4H3. The number of aromatic nitrogens is 1. The van der Waals surface area contributed by atoms with E-state index in [1.165, 1.54) is 30.3 Å². The molecule has 8 nitrogen and oxygen atoms in total. The maximum atomic E-state index is 14.3. The van der Waals surface area contributed by atoms with Crippen LogP contribution < -0.4 is 4.74 Å². The molecule has 1 aliphatic heterocycles. The van der Waals surface area contributed by atoms with Gasteiger partial charge >= 0.3 is 5.97 Å². The van der Waals surface area contributed by atoms with Gasteiger partial charge in [0.2, 0.25) is 0 Å². The molecule has 1 amide bonds. The lowest BCUT2D eigenvalue weighted by molar-refractivity contribution is 0.0602. The van der Waals surface area contributed by atoms with Crippen molar-refractivity contribution in [1.82, 2.24) is 8.87 Å². The number of benzene rings is 4. The van der Waals surface area contributed by atoms with Gasteiger partial charge in [0.25, 0.3) is 15.9 Å². The van der Waals surface area contributed by atoms with Gasteiger partial charge in [0, 0.05) is 23.9 Å². The van der Waals surface area contributed by atoms with E-state index in [-0.39, 0.29) is 28.4 Å². The Morgan fingerprint density at radius 1 is 0.902 bits per heavy atom. The fraction of sp³-hybridized carbons (Fsp3) is 0.188.